The molecule has 2 fully saturated rings. The van der Waals surface area contributed by atoms with Crippen LogP contribution in [-0.4, -0.2) is 37.2 Å². The van der Waals surface area contributed by atoms with Gasteiger partial charge in [0.25, 0.3) is 5.91 Å². The lowest BCUT2D eigenvalue weighted by molar-refractivity contribution is 0.0762. The summed E-state index contributed by atoms with van der Waals surface area (Å²) in [6.07, 6.45) is 12.3. The lowest BCUT2D eigenvalue weighted by Crippen LogP contribution is -2.38. The van der Waals surface area contributed by atoms with Crippen LogP contribution in [-0.2, 0) is 6.42 Å². The lowest BCUT2D eigenvalue weighted by Gasteiger charge is -2.35. The molecule has 2 unspecified atom stereocenters. The van der Waals surface area contributed by atoms with E-state index in [9.17, 15) is 4.79 Å². The van der Waals surface area contributed by atoms with Gasteiger partial charge in [0.15, 0.2) is 0 Å². The molecule has 1 aliphatic carbocycles. The van der Waals surface area contributed by atoms with Gasteiger partial charge in [0.05, 0.1) is 7.11 Å². The predicted octanol–water partition coefficient (Wildman–Crippen LogP) is 9.25. The highest BCUT2D eigenvalue weighted by atomic mass is 16.5. The smallest absolute Gasteiger partial charge is 0.254 e. The zero-order valence-electron chi connectivity index (χ0n) is 26.6. The van der Waals surface area contributed by atoms with E-state index in [-0.39, 0.29) is 5.91 Å². The van der Waals surface area contributed by atoms with Crippen molar-refractivity contribution in [2.75, 3.05) is 20.2 Å². The first-order chi connectivity index (χ1) is 20.2. The molecule has 1 saturated carbocycles. The summed E-state index contributed by atoms with van der Waals surface area (Å²) in [4.78, 5) is 15.6. The molecule has 0 radical (unpaired) electrons. The van der Waals surface area contributed by atoms with Crippen LogP contribution in [0.3, 0.4) is 0 Å². The molecule has 2 aromatic rings. The molecule has 2 aromatic carbocycles. The van der Waals surface area contributed by atoms with E-state index < -0.39 is 0 Å². The van der Waals surface area contributed by atoms with Crippen LogP contribution in [0.2, 0.25) is 0 Å². The zero-order valence-corrected chi connectivity index (χ0v) is 26.6. The molecule has 0 aromatic heterocycles. The average molecular weight is 567 g/mol. The zero-order chi connectivity index (χ0) is 30.4. The van der Waals surface area contributed by atoms with Gasteiger partial charge in [0.1, 0.15) is 5.75 Å². The Kier molecular flexibility index (Phi) is 10.6. The molecular formula is C38H50N2O2. The van der Waals surface area contributed by atoms with Gasteiger partial charge in [0.2, 0.25) is 0 Å². The third-order valence-electron chi connectivity index (χ3n) is 9.30. The minimum atomic E-state index is 0.0629. The summed E-state index contributed by atoms with van der Waals surface area (Å²) in [7, 11) is 1.76. The van der Waals surface area contributed by atoms with E-state index in [1.54, 1.807) is 12.7 Å². The number of carbonyl (C=O) groups is 1. The first-order valence-electron chi connectivity index (χ1n) is 15.8. The average Bonchev–Trinajstić information content (AvgIpc) is 3.85. The molecule has 0 bridgehead atoms. The maximum atomic E-state index is 13.6. The van der Waals surface area contributed by atoms with Gasteiger partial charge >= 0.3 is 0 Å². The van der Waals surface area contributed by atoms with Crippen molar-refractivity contribution in [2.24, 2.45) is 17.8 Å². The van der Waals surface area contributed by atoms with E-state index >= 15 is 0 Å². The van der Waals surface area contributed by atoms with Crippen LogP contribution in [0.1, 0.15) is 105 Å². The Morgan fingerprint density at radius 2 is 1.93 bits per heavy atom. The number of amides is 1. The molecule has 2 atom stereocenters. The third-order valence-corrected chi connectivity index (χ3v) is 9.30. The Morgan fingerprint density at radius 1 is 1.17 bits per heavy atom. The van der Waals surface area contributed by atoms with Gasteiger partial charge in [-0.25, -0.2) is 0 Å². The van der Waals surface area contributed by atoms with Gasteiger partial charge in [-0.3, -0.25) is 4.79 Å². The fourth-order valence-electron chi connectivity index (χ4n) is 6.93. The third kappa shape index (κ3) is 7.14. The second-order valence-electron chi connectivity index (χ2n) is 12.6. The SMILES string of the molecule is C=Cc1ccc(OC)c(CC(C)CC(C(CC)=C2CCN(C(=O)c3ccc(C(C)C)c(C=N)c3)CC2=CC)C2CC2)c1. The van der Waals surface area contributed by atoms with Gasteiger partial charge < -0.3 is 15.0 Å². The van der Waals surface area contributed by atoms with Crippen molar-refractivity contribution in [3.63, 3.8) is 0 Å². The predicted molar refractivity (Wildman–Crippen MR) is 177 cm³/mol. The Balaban J connectivity index is 1.54. The number of nitrogens with one attached hydrogen (secondary N) is 1. The number of hydrogen-bond acceptors (Lipinski definition) is 3. The van der Waals surface area contributed by atoms with Crippen LogP contribution in [0.5, 0.6) is 5.75 Å². The van der Waals surface area contributed by atoms with E-state index in [4.69, 9.17) is 10.1 Å². The van der Waals surface area contributed by atoms with E-state index in [1.807, 2.05) is 29.2 Å². The summed E-state index contributed by atoms with van der Waals surface area (Å²) in [5.41, 5.74) is 9.43. The molecular weight excluding hydrogens is 516 g/mol. The van der Waals surface area contributed by atoms with E-state index in [1.165, 1.54) is 42.2 Å². The Morgan fingerprint density at radius 3 is 2.52 bits per heavy atom. The molecule has 0 spiro atoms. The van der Waals surface area contributed by atoms with Crippen molar-refractivity contribution in [1.29, 1.82) is 5.41 Å². The van der Waals surface area contributed by atoms with Crippen LogP contribution >= 0.6 is 0 Å². The second-order valence-corrected chi connectivity index (χ2v) is 12.6. The number of benzene rings is 2. The summed E-state index contributed by atoms with van der Waals surface area (Å²) in [6, 6.07) is 12.2. The number of carbonyl (C=O) groups excluding carboxylic acids is 1. The van der Waals surface area contributed by atoms with Crippen LogP contribution in [0.25, 0.3) is 6.08 Å². The number of methoxy groups -OCH3 is 1. The molecule has 1 saturated heterocycles. The second kappa shape index (κ2) is 14.2. The van der Waals surface area contributed by atoms with E-state index in [2.05, 4.69) is 65.5 Å². The number of rotatable bonds is 12. The van der Waals surface area contributed by atoms with Crippen LogP contribution in [0.4, 0.5) is 0 Å². The van der Waals surface area contributed by atoms with Gasteiger partial charge in [-0.2, -0.15) is 0 Å². The molecule has 4 heteroatoms. The van der Waals surface area contributed by atoms with Crippen molar-refractivity contribution >= 4 is 18.2 Å². The number of nitrogens with zero attached hydrogens (tertiary/aromatic N) is 1. The topological polar surface area (TPSA) is 53.4 Å². The van der Waals surface area contributed by atoms with E-state index in [0.717, 1.165) is 54.2 Å². The minimum absolute atomic E-state index is 0.0629. The maximum absolute atomic E-state index is 13.6. The Labute approximate surface area is 254 Å². The van der Waals surface area contributed by atoms with Gasteiger partial charge in [-0.1, -0.05) is 64.1 Å². The molecule has 4 nitrogen and oxygen atoms in total. The number of ether oxygens (including phenoxy) is 1. The van der Waals surface area contributed by atoms with Gasteiger partial charge in [-0.15, -0.1) is 0 Å². The molecule has 224 valence electrons. The van der Waals surface area contributed by atoms with Crippen molar-refractivity contribution in [3.8, 4) is 5.75 Å². The van der Waals surface area contributed by atoms with Crippen molar-refractivity contribution in [1.82, 2.24) is 4.90 Å². The number of piperidine rings is 1. The molecule has 1 amide bonds. The Hall–Kier alpha value is -3.40. The molecule has 1 aliphatic heterocycles. The van der Waals surface area contributed by atoms with Crippen molar-refractivity contribution in [3.05, 3.63) is 93.6 Å². The lowest BCUT2D eigenvalue weighted by atomic mass is 9.77. The molecule has 1 heterocycles. The standard InChI is InChI=1S/C38H50N2O2/c1-8-27-11-16-37(42-7)31(21-27)19-26(6)20-36(29-12-13-29)33(10-3)35-17-18-40(24-28(35)9-2)38(41)30-14-15-34(25(4)5)32(22-30)23-39/h8-9,11,14-16,21-23,25-26,29,36,39H,1,10,12-13,17-20,24H2,2-7H3. The molecule has 42 heavy (non-hydrogen) atoms. The largest absolute Gasteiger partial charge is 0.496 e. The normalized spacial score (nSPS) is 19.0. The molecule has 4 rings (SSSR count). The fraction of sp³-hybridized carbons (Fsp3) is 0.474. The van der Waals surface area contributed by atoms with Gasteiger partial charge in [0, 0.05) is 24.9 Å². The summed E-state index contributed by atoms with van der Waals surface area (Å²) in [5, 5.41) is 7.87. The fourth-order valence-corrected chi connectivity index (χ4v) is 6.93. The molecule has 1 N–H and O–H groups in total. The maximum Gasteiger partial charge on any atom is 0.254 e. The van der Waals surface area contributed by atoms with Crippen LogP contribution < -0.4 is 4.74 Å². The Bertz CT molecular complexity index is 1360. The minimum Gasteiger partial charge on any atom is -0.496 e. The first kappa shape index (κ1) is 31.5. The summed E-state index contributed by atoms with van der Waals surface area (Å²) < 4.78 is 5.70. The van der Waals surface area contributed by atoms with Crippen LogP contribution in [0.15, 0.2) is 65.8 Å². The quantitative estimate of drug-likeness (QED) is 0.260. The van der Waals surface area contributed by atoms with Crippen LogP contribution in [0, 0.1) is 23.2 Å². The molecule has 2 aliphatic rings. The first-order valence-corrected chi connectivity index (χ1v) is 15.8. The summed E-state index contributed by atoms with van der Waals surface area (Å²) >= 11 is 0. The number of hydrogen-bond donors (Lipinski definition) is 1. The monoisotopic (exact) mass is 566 g/mol. The number of allylic oxidation sites excluding steroid dienone is 2. The van der Waals surface area contributed by atoms with Crippen molar-refractivity contribution in [2.45, 2.75) is 79.1 Å². The summed E-state index contributed by atoms with van der Waals surface area (Å²) in [5.74, 6) is 3.23. The highest BCUT2D eigenvalue weighted by molar-refractivity contribution is 5.96. The van der Waals surface area contributed by atoms with Crippen molar-refractivity contribution < 1.29 is 9.53 Å². The number of likely N-dealkylation sites (tertiary alicyclic amines) is 1. The van der Waals surface area contributed by atoms with Gasteiger partial charge in [-0.05, 0) is 127 Å². The highest BCUT2D eigenvalue weighted by Crippen LogP contribution is 2.47. The summed E-state index contributed by atoms with van der Waals surface area (Å²) in [6.45, 7) is 16.4. The highest BCUT2D eigenvalue weighted by Gasteiger charge is 2.36. The van der Waals surface area contributed by atoms with E-state index in [0.29, 0.717) is 29.9 Å².